The largest absolute Gasteiger partial charge is 0.462 e. The quantitative estimate of drug-likeness (QED) is 0.802. The van der Waals surface area contributed by atoms with Gasteiger partial charge in [0.25, 0.3) is 0 Å². The Morgan fingerprint density at radius 3 is 2.52 bits per heavy atom. The second-order valence-electron chi connectivity index (χ2n) is 7.65. The van der Waals surface area contributed by atoms with Crippen LogP contribution in [-0.2, 0) is 9.53 Å². The molecule has 0 aromatic rings. The van der Waals surface area contributed by atoms with Gasteiger partial charge in [-0.1, -0.05) is 34.1 Å². The van der Waals surface area contributed by atoms with E-state index >= 15 is 0 Å². The predicted octanol–water partition coefficient (Wildman–Crippen LogP) is 3.77. The highest BCUT2D eigenvalue weighted by Gasteiger charge is 2.42. The van der Waals surface area contributed by atoms with Gasteiger partial charge in [0, 0.05) is 0 Å². The SMILES string of the molecule is CCC1(C(=O)OC2CC(C)CCC2C(C)C)CCNCC1. The first-order valence-electron chi connectivity index (χ1n) is 8.90. The van der Waals surface area contributed by atoms with E-state index in [1.165, 1.54) is 12.8 Å². The van der Waals surface area contributed by atoms with Crippen LogP contribution in [0.5, 0.6) is 0 Å². The zero-order chi connectivity index (χ0) is 15.5. The number of hydrogen-bond donors (Lipinski definition) is 1. The van der Waals surface area contributed by atoms with Crippen molar-refractivity contribution < 1.29 is 9.53 Å². The molecule has 0 aromatic heterocycles. The van der Waals surface area contributed by atoms with Crippen LogP contribution in [0.2, 0.25) is 0 Å². The van der Waals surface area contributed by atoms with Crippen LogP contribution in [0.3, 0.4) is 0 Å². The van der Waals surface area contributed by atoms with Crippen molar-refractivity contribution in [1.82, 2.24) is 5.32 Å². The van der Waals surface area contributed by atoms with Crippen LogP contribution < -0.4 is 5.32 Å². The Bertz CT molecular complexity index is 347. The van der Waals surface area contributed by atoms with E-state index in [1.807, 2.05) is 0 Å². The number of hydrogen-bond acceptors (Lipinski definition) is 3. The van der Waals surface area contributed by atoms with Gasteiger partial charge in [-0.3, -0.25) is 4.79 Å². The summed E-state index contributed by atoms with van der Waals surface area (Å²) in [6, 6.07) is 0. The Morgan fingerprint density at radius 2 is 1.95 bits per heavy atom. The monoisotopic (exact) mass is 295 g/mol. The van der Waals surface area contributed by atoms with Gasteiger partial charge in [-0.05, 0) is 62.9 Å². The number of ether oxygens (including phenoxy) is 1. The second kappa shape index (κ2) is 7.13. The number of carbonyl (C=O) groups is 1. The summed E-state index contributed by atoms with van der Waals surface area (Å²) in [4.78, 5) is 12.8. The van der Waals surface area contributed by atoms with E-state index < -0.39 is 0 Å². The molecule has 2 aliphatic rings. The minimum Gasteiger partial charge on any atom is -0.462 e. The normalized spacial score (nSPS) is 32.9. The van der Waals surface area contributed by atoms with Crippen LogP contribution in [-0.4, -0.2) is 25.2 Å². The van der Waals surface area contributed by atoms with Crippen molar-refractivity contribution in [3.8, 4) is 0 Å². The highest BCUT2D eigenvalue weighted by Crippen LogP contribution is 2.39. The lowest BCUT2D eigenvalue weighted by molar-refractivity contribution is -0.170. The first kappa shape index (κ1) is 16.8. The van der Waals surface area contributed by atoms with Crippen molar-refractivity contribution >= 4 is 5.97 Å². The van der Waals surface area contributed by atoms with Gasteiger partial charge in [0.15, 0.2) is 0 Å². The Labute approximate surface area is 130 Å². The number of nitrogens with one attached hydrogen (secondary N) is 1. The third-order valence-electron chi connectivity index (χ3n) is 5.89. The molecular weight excluding hydrogens is 262 g/mol. The molecule has 2 rings (SSSR count). The van der Waals surface area contributed by atoms with E-state index in [0.29, 0.717) is 17.8 Å². The molecule has 0 bridgehead atoms. The van der Waals surface area contributed by atoms with E-state index in [0.717, 1.165) is 38.8 Å². The van der Waals surface area contributed by atoms with E-state index in [9.17, 15) is 4.79 Å². The number of carbonyl (C=O) groups excluding carboxylic acids is 1. The summed E-state index contributed by atoms with van der Waals surface area (Å²) in [5, 5.41) is 3.36. The second-order valence-corrected chi connectivity index (χ2v) is 7.65. The summed E-state index contributed by atoms with van der Waals surface area (Å²) in [5.74, 6) is 1.90. The zero-order valence-corrected chi connectivity index (χ0v) is 14.3. The maximum Gasteiger partial charge on any atom is 0.312 e. The molecule has 0 radical (unpaired) electrons. The molecular formula is C18H33NO2. The fourth-order valence-electron chi connectivity index (χ4n) is 4.12. The molecule has 1 aliphatic heterocycles. The Hall–Kier alpha value is -0.570. The zero-order valence-electron chi connectivity index (χ0n) is 14.3. The summed E-state index contributed by atoms with van der Waals surface area (Å²) in [5.41, 5.74) is -0.229. The van der Waals surface area contributed by atoms with E-state index in [2.05, 4.69) is 33.0 Å². The highest BCUT2D eigenvalue weighted by molar-refractivity contribution is 5.77. The number of piperidine rings is 1. The summed E-state index contributed by atoms with van der Waals surface area (Å²) in [6.45, 7) is 10.8. The van der Waals surface area contributed by atoms with Crippen LogP contribution in [0, 0.1) is 23.2 Å². The van der Waals surface area contributed by atoms with Gasteiger partial charge in [-0.15, -0.1) is 0 Å². The molecule has 0 spiro atoms. The lowest BCUT2D eigenvalue weighted by atomic mass is 9.74. The van der Waals surface area contributed by atoms with Crippen molar-refractivity contribution in [2.75, 3.05) is 13.1 Å². The molecule has 3 nitrogen and oxygen atoms in total. The lowest BCUT2D eigenvalue weighted by Crippen LogP contribution is -2.45. The van der Waals surface area contributed by atoms with Crippen LogP contribution in [0.15, 0.2) is 0 Å². The van der Waals surface area contributed by atoms with E-state index in [4.69, 9.17) is 4.74 Å². The molecule has 122 valence electrons. The van der Waals surface area contributed by atoms with Crippen LogP contribution in [0.1, 0.15) is 66.2 Å². The van der Waals surface area contributed by atoms with Gasteiger partial charge >= 0.3 is 5.97 Å². The molecule has 1 saturated carbocycles. The molecule has 1 heterocycles. The molecule has 2 fully saturated rings. The first-order valence-corrected chi connectivity index (χ1v) is 8.90. The molecule has 1 aliphatic carbocycles. The van der Waals surface area contributed by atoms with Gasteiger partial charge in [0.05, 0.1) is 5.41 Å². The average Bonchev–Trinajstić information content (AvgIpc) is 2.47. The van der Waals surface area contributed by atoms with E-state index in [1.54, 1.807) is 0 Å². The van der Waals surface area contributed by atoms with Crippen molar-refractivity contribution in [1.29, 1.82) is 0 Å². The molecule has 3 heteroatoms. The summed E-state index contributed by atoms with van der Waals surface area (Å²) in [6.07, 6.45) is 6.43. The summed E-state index contributed by atoms with van der Waals surface area (Å²) >= 11 is 0. The van der Waals surface area contributed by atoms with Gasteiger partial charge in [0.2, 0.25) is 0 Å². The topological polar surface area (TPSA) is 38.3 Å². The number of esters is 1. The molecule has 3 atom stereocenters. The maximum absolute atomic E-state index is 12.8. The molecule has 0 aromatic carbocycles. The molecule has 1 saturated heterocycles. The third kappa shape index (κ3) is 3.80. The van der Waals surface area contributed by atoms with Crippen molar-refractivity contribution in [2.45, 2.75) is 72.3 Å². The lowest BCUT2D eigenvalue weighted by Gasteiger charge is -2.40. The van der Waals surface area contributed by atoms with Crippen LogP contribution in [0.25, 0.3) is 0 Å². The third-order valence-corrected chi connectivity index (χ3v) is 5.89. The minimum atomic E-state index is -0.229. The standard InChI is InChI=1S/C18H33NO2/c1-5-18(8-10-19-11-9-18)17(20)21-16-12-14(4)6-7-15(16)13(2)3/h13-16,19H,5-12H2,1-4H3. The molecule has 0 amide bonds. The Morgan fingerprint density at radius 1 is 1.29 bits per heavy atom. The number of rotatable bonds is 4. The average molecular weight is 295 g/mol. The van der Waals surface area contributed by atoms with Gasteiger partial charge < -0.3 is 10.1 Å². The van der Waals surface area contributed by atoms with Gasteiger partial charge in [-0.2, -0.15) is 0 Å². The van der Waals surface area contributed by atoms with E-state index in [-0.39, 0.29) is 17.5 Å². The van der Waals surface area contributed by atoms with Gasteiger partial charge in [0.1, 0.15) is 6.10 Å². The van der Waals surface area contributed by atoms with Gasteiger partial charge in [-0.25, -0.2) is 0 Å². The fourth-order valence-corrected chi connectivity index (χ4v) is 4.12. The highest BCUT2D eigenvalue weighted by atomic mass is 16.5. The fraction of sp³-hybridized carbons (Fsp3) is 0.944. The summed E-state index contributed by atoms with van der Waals surface area (Å²) < 4.78 is 6.10. The molecule has 21 heavy (non-hydrogen) atoms. The summed E-state index contributed by atoms with van der Waals surface area (Å²) in [7, 11) is 0. The van der Waals surface area contributed by atoms with Crippen molar-refractivity contribution in [3.63, 3.8) is 0 Å². The Kier molecular flexibility index (Phi) is 5.70. The molecule has 3 unspecified atom stereocenters. The predicted molar refractivity (Wildman–Crippen MR) is 86.1 cm³/mol. The van der Waals surface area contributed by atoms with Crippen LogP contribution in [0.4, 0.5) is 0 Å². The minimum absolute atomic E-state index is 0.0799. The smallest absolute Gasteiger partial charge is 0.312 e. The first-order chi connectivity index (χ1) is 9.98. The van der Waals surface area contributed by atoms with Crippen LogP contribution >= 0.6 is 0 Å². The Balaban J connectivity index is 2.04. The van der Waals surface area contributed by atoms with Crippen molar-refractivity contribution in [2.24, 2.45) is 23.2 Å². The maximum atomic E-state index is 12.8. The molecule has 1 N–H and O–H groups in total. The van der Waals surface area contributed by atoms with Crippen molar-refractivity contribution in [3.05, 3.63) is 0 Å².